The summed E-state index contributed by atoms with van der Waals surface area (Å²) in [5.41, 5.74) is 0. The second kappa shape index (κ2) is 5.15. The molecular weight excluding hydrogens is 206 g/mol. The van der Waals surface area contributed by atoms with E-state index >= 15 is 0 Å². The maximum Gasteiger partial charge on any atom is 0.304 e. The standard InChI is InChI=1S/C12H21NO3/c1-9-11(5-7-16-9)13-6-3-2-4-10(13)8-12(14)15/h9-11H,2-8H2,1H3,(H,14,15). The number of piperidine rings is 1. The number of carbonyl (C=O) groups is 1. The van der Waals surface area contributed by atoms with E-state index in [9.17, 15) is 4.79 Å². The summed E-state index contributed by atoms with van der Waals surface area (Å²) in [4.78, 5) is 13.2. The van der Waals surface area contributed by atoms with Crippen LogP contribution in [-0.2, 0) is 9.53 Å². The maximum atomic E-state index is 10.9. The molecule has 3 unspecified atom stereocenters. The average molecular weight is 227 g/mol. The van der Waals surface area contributed by atoms with Gasteiger partial charge in [0, 0.05) is 18.7 Å². The van der Waals surface area contributed by atoms with Crippen molar-refractivity contribution in [1.82, 2.24) is 4.90 Å². The number of hydrogen-bond acceptors (Lipinski definition) is 3. The SMILES string of the molecule is CC1OCCC1N1CCCCC1CC(=O)O. The lowest BCUT2D eigenvalue weighted by atomic mass is 9.95. The molecule has 3 atom stereocenters. The predicted octanol–water partition coefficient (Wildman–Crippen LogP) is 1.49. The second-order valence-corrected chi connectivity index (χ2v) is 4.92. The normalized spacial score (nSPS) is 36.4. The van der Waals surface area contributed by atoms with Crippen LogP contribution in [0.25, 0.3) is 0 Å². The molecule has 4 nitrogen and oxygen atoms in total. The van der Waals surface area contributed by atoms with Crippen LogP contribution in [0.5, 0.6) is 0 Å². The molecule has 2 aliphatic rings. The number of carboxylic acid groups (broad SMARTS) is 1. The summed E-state index contributed by atoms with van der Waals surface area (Å²) in [6.07, 6.45) is 4.97. The zero-order valence-electron chi connectivity index (χ0n) is 9.89. The topological polar surface area (TPSA) is 49.8 Å². The van der Waals surface area contributed by atoms with Gasteiger partial charge in [0.2, 0.25) is 0 Å². The van der Waals surface area contributed by atoms with Gasteiger partial charge in [0.05, 0.1) is 12.5 Å². The van der Waals surface area contributed by atoms with Gasteiger partial charge in [-0.25, -0.2) is 0 Å². The molecule has 4 heteroatoms. The highest BCUT2D eigenvalue weighted by Crippen LogP contribution is 2.28. The lowest BCUT2D eigenvalue weighted by molar-refractivity contribution is -0.139. The van der Waals surface area contributed by atoms with Gasteiger partial charge in [0.15, 0.2) is 0 Å². The first-order valence-electron chi connectivity index (χ1n) is 6.27. The fourth-order valence-electron chi connectivity index (χ4n) is 3.04. The Morgan fingerprint density at radius 2 is 2.25 bits per heavy atom. The lowest BCUT2D eigenvalue weighted by Crippen LogP contribution is -2.49. The van der Waals surface area contributed by atoms with Gasteiger partial charge in [-0.15, -0.1) is 0 Å². The summed E-state index contributed by atoms with van der Waals surface area (Å²) in [6.45, 7) is 3.96. The zero-order chi connectivity index (χ0) is 11.5. The molecule has 0 aromatic rings. The number of hydrogen-bond donors (Lipinski definition) is 1. The smallest absolute Gasteiger partial charge is 0.304 e. The van der Waals surface area contributed by atoms with Crippen LogP contribution in [0.1, 0.15) is 39.0 Å². The third-order valence-corrected chi connectivity index (χ3v) is 3.85. The minimum absolute atomic E-state index is 0.223. The highest BCUT2D eigenvalue weighted by molar-refractivity contribution is 5.67. The minimum Gasteiger partial charge on any atom is -0.481 e. The Balaban J connectivity index is 2.00. The first-order chi connectivity index (χ1) is 7.68. The molecule has 2 saturated heterocycles. The molecule has 2 heterocycles. The monoisotopic (exact) mass is 227 g/mol. The molecule has 1 N–H and O–H groups in total. The Labute approximate surface area is 96.6 Å². The number of likely N-dealkylation sites (tertiary alicyclic amines) is 1. The summed E-state index contributed by atoms with van der Waals surface area (Å²) < 4.78 is 5.58. The van der Waals surface area contributed by atoms with Crippen molar-refractivity contribution in [2.75, 3.05) is 13.2 Å². The fraction of sp³-hybridized carbons (Fsp3) is 0.917. The van der Waals surface area contributed by atoms with Gasteiger partial charge in [-0.2, -0.15) is 0 Å². The van der Waals surface area contributed by atoms with E-state index in [2.05, 4.69) is 11.8 Å². The van der Waals surface area contributed by atoms with Gasteiger partial charge in [0.1, 0.15) is 0 Å². The third kappa shape index (κ3) is 2.55. The van der Waals surface area contributed by atoms with Crippen molar-refractivity contribution >= 4 is 5.97 Å². The average Bonchev–Trinajstić information content (AvgIpc) is 2.64. The molecule has 2 fully saturated rings. The molecule has 2 aliphatic heterocycles. The van der Waals surface area contributed by atoms with Crippen LogP contribution in [0.3, 0.4) is 0 Å². The molecule has 2 rings (SSSR count). The van der Waals surface area contributed by atoms with Crippen LogP contribution < -0.4 is 0 Å². The van der Waals surface area contributed by atoms with Gasteiger partial charge in [-0.3, -0.25) is 9.69 Å². The summed E-state index contributed by atoms with van der Waals surface area (Å²) in [5, 5.41) is 8.93. The number of rotatable bonds is 3. The quantitative estimate of drug-likeness (QED) is 0.793. The van der Waals surface area contributed by atoms with E-state index < -0.39 is 5.97 Å². The number of aliphatic carboxylic acids is 1. The number of ether oxygens (including phenoxy) is 1. The maximum absolute atomic E-state index is 10.9. The molecule has 0 aromatic carbocycles. The van der Waals surface area contributed by atoms with Gasteiger partial charge in [-0.05, 0) is 32.7 Å². The van der Waals surface area contributed by atoms with Crippen molar-refractivity contribution in [2.24, 2.45) is 0 Å². The molecule has 16 heavy (non-hydrogen) atoms. The molecule has 0 amide bonds. The lowest BCUT2D eigenvalue weighted by Gasteiger charge is -2.40. The molecule has 0 aromatic heterocycles. The summed E-state index contributed by atoms with van der Waals surface area (Å²) in [7, 11) is 0. The van der Waals surface area contributed by atoms with Crippen LogP contribution in [0.4, 0.5) is 0 Å². The Morgan fingerprint density at radius 1 is 1.44 bits per heavy atom. The van der Waals surface area contributed by atoms with Gasteiger partial charge in [0.25, 0.3) is 0 Å². The van der Waals surface area contributed by atoms with Crippen molar-refractivity contribution in [3.05, 3.63) is 0 Å². The molecule has 0 saturated carbocycles. The Hall–Kier alpha value is -0.610. The predicted molar refractivity (Wildman–Crippen MR) is 60.4 cm³/mol. The van der Waals surface area contributed by atoms with Crippen LogP contribution in [0, 0.1) is 0 Å². The number of nitrogens with zero attached hydrogens (tertiary/aromatic N) is 1. The highest BCUT2D eigenvalue weighted by Gasteiger charge is 2.35. The highest BCUT2D eigenvalue weighted by atomic mass is 16.5. The van der Waals surface area contributed by atoms with Gasteiger partial charge >= 0.3 is 5.97 Å². The molecule has 0 aliphatic carbocycles. The Morgan fingerprint density at radius 3 is 2.88 bits per heavy atom. The van der Waals surface area contributed by atoms with Crippen LogP contribution in [0.15, 0.2) is 0 Å². The van der Waals surface area contributed by atoms with E-state index in [1.54, 1.807) is 0 Å². The Bertz CT molecular complexity index is 257. The largest absolute Gasteiger partial charge is 0.481 e. The third-order valence-electron chi connectivity index (χ3n) is 3.85. The summed E-state index contributed by atoms with van der Waals surface area (Å²) in [5.74, 6) is -0.677. The van der Waals surface area contributed by atoms with E-state index in [-0.39, 0.29) is 18.6 Å². The first-order valence-corrected chi connectivity index (χ1v) is 6.27. The van der Waals surface area contributed by atoms with Crippen molar-refractivity contribution in [3.63, 3.8) is 0 Å². The second-order valence-electron chi connectivity index (χ2n) is 4.92. The fourth-order valence-corrected chi connectivity index (χ4v) is 3.04. The van der Waals surface area contributed by atoms with E-state index in [0.29, 0.717) is 6.04 Å². The minimum atomic E-state index is -0.677. The molecule has 92 valence electrons. The van der Waals surface area contributed by atoms with Crippen molar-refractivity contribution in [1.29, 1.82) is 0 Å². The Kier molecular flexibility index (Phi) is 3.82. The van der Waals surface area contributed by atoms with E-state index in [1.807, 2.05) is 0 Å². The van der Waals surface area contributed by atoms with Crippen LogP contribution >= 0.6 is 0 Å². The molecular formula is C12H21NO3. The van der Waals surface area contributed by atoms with Crippen LogP contribution in [0.2, 0.25) is 0 Å². The summed E-state index contributed by atoms with van der Waals surface area (Å²) >= 11 is 0. The molecule has 0 spiro atoms. The molecule has 0 bridgehead atoms. The van der Waals surface area contributed by atoms with E-state index in [0.717, 1.165) is 32.4 Å². The summed E-state index contributed by atoms with van der Waals surface area (Å²) in [6, 6.07) is 0.657. The van der Waals surface area contributed by atoms with E-state index in [1.165, 1.54) is 6.42 Å². The van der Waals surface area contributed by atoms with Gasteiger partial charge in [-0.1, -0.05) is 6.42 Å². The first kappa shape index (κ1) is 11.9. The van der Waals surface area contributed by atoms with Crippen molar-refractivity contribution in [3.8, 4) is 0 Å². The van der Waals surface area contributed by atoms with Crippen molar-refractivity contribution in [2.45, 2.75) is 57.2 Å². The van der Waals surface area contributed by atoms with Crippen LogP contribution in [-0.4, -0.2) is 47.3 Å². The zero-order valence-corrected chi connectivity index (χ0v) is 9.89. The number of carboxylic acids is 1. The molecule has 0 radical (unpaired) electrons. The van der Waals surface area contributed by atoms with E-state index in [4.69, 9.17) is 9.84 Å². The van der Waals surface area contributed by atoms with Crippen molar-refractivity contribution < 1.29 is 14.6 Å². The van der Waals surface area contributed by atoms with Gasteiger partial charge < -0.3 is 9.84 Å².